The van der Waals surface area contributed by atoms with Gasteiger partial charge in [-0.15, -0.1) is 12.4 Å². The van der Waals surface area contributed by atoms with Crippen molar-refractivity contribution < 1.29 is 4.74 Å². The molecule has 1 unspecified atom stereocenters. The van der Waals surface area contributed by atoms with Crippen molar-refractivity contribution in [2.75, 3.05) is 32.8 Å². The molecule has 2 fully saturated rings. The Morgan fingerprint density at radius 2 is 2.00 bits per heavy atom. The standard InChI is InChI=1S/C12H24N2O.ClH/c13-9-12-3-1-2-6-14(12)7-8-15-10-11-4-5-11;/h11-12H,1-10,13H2;1H. The molecule has 0 amide bonds. The fourth-order valence-corrected chi connectivity index (χ4v) is 2.34. The number of hydrogen-bond acceptors (Lipinski definition) is 3. The van der Waals surface area contributed by atoms with E-state index >= 15 is 0 Å². The lowest BCUT2D eigenvalue weighted by molar-refractivity contribution is 0.0692. The monoisotopic (exact) mass is 248 g/mol. The van der Waals surface area contributed by atoms with Gasteiger partial charge in [-0.3, -0.25) is 4.90 Å². The van der Waals surface area contributed by atoms with Gasteiger partial charge in [-0.2, -0.15) is 0 Å². The number of piperidine rings is 1. The average molecular weight is 249 g/mol. The van der Waals surface area contributed by atoms with Crippen LogP contribution in [0, 0.1) is 5.92 Å². The number of rotatable bonds is 6. The van der Waals surface area contributed by atoms with Crippen LogP contribution in [0.2, 0.25) is 0 Å². The van der Waals surface area contributed by atoms with Crippen LogP contribution >= 0.6 is 12.4 Å². The van der Waals surface area contributed by atoms with Crippen LogP contribution in [-0.2, 0) is 4.74 Å². The van der Waals surface area contributed by atoms with E-state index in [9.17, 15) is 0 Å². The molecule has 0 radical (unpaired) electrons. The van der Waals surface area contributed by atoms with Crippen molar-refractivity contribution in [2.24, 2.45) is 11.7 Å². The molecular weight excluding hydrogens is 224 g/mol. The summed E-state index contributed by atoms with van der Waals surface area (Å²) in [5.41, 5.74) is 5.77. The smallest absolute Gasteiger partial charge is 0.0593 e. The van der Waals surface area contributed by atoms with E-state index in [1.54, 1.807) is 0 Å². The summed E-state index contributed by atoms with van der Waals surface area (Å²) in [7, 11) is 0. The Kier molecular flexibility index (Phi) is 6.66. The first-order valence-electron chi connectivity index (χ1n) is 6.42. The molecule has 0 aromatic rings. The molecule has 2 N–H and O–H groups in total. The maximum atomic E-state index is 5.77. The first-order valence-corrected chi connectivity index (χ1v) is 6.42. The summed E-state index contributed by atoms with van der Waals surface area (Å²) in [6.45, 7) is 4.99. The van der Waals surface area contributed by atoms with E-state index in [1.807, 2.05) is 0 Å². The lowest BCUT2D eigenvalue weighted by Crippen LogP contribution is -2.45. The van der Waals surface area contributed by atoms with Gasteiger partial charge in [-0.25, -0.2) is 0 Å². The van der Waals surface area contributed by atoms with Gasteiger partial charge >= 0.3 is 0 Å². The summed E-state index contributed by atoms with van der Waals surface area (Å²) < 4.78 is 5.67. The maximum absolute atomic E-state index is 5.77. The number of hydrogen-bond donors (Lipinski definition) is 1. The minimum absolute atomic E-state index is 0. The second kappa shape index (κ2) is 7.49. The van der Waals surface area contributed by atoms with Crippen LogP contribution in [0.4, 0.5) is 0 Å². The zero-order valence-electron chi connectivity index (χ0n) is 10.1. The Morgan fingerprint density at radius 3 is 2.69 bits per heavy atom. The van der Waals surface area contributed by atoms with E-state index in [4.69, 9.17) is 10.5 Å². The Hall–Kier alpha value is 0.170. The molecule has 16 heavy (non-hydrogen) atoms. The third kappa shape index (κ3) is 4.58. The highest BCUT2D eigenvalue weighted by atomic mass is 35.5. The summed E-state index contributed by atoms with van der Waals surface area (Å²) in [5.74, 6) is 0.886. The molecule has 4 heteroatoms. The SMILES string of the molecule is Cl.NCC1CCCCN1CCOCC1CC1. The number of ether oxygens (including phenoxy) is 1. The van der Waals surface area contributed by atoms with Gasteiger partial charge in [0.2, 0.25) is 0 Å². The summed E-state index contributed by atoms with van der Waals surface area (Å²) >= 11 is 0. The molecule has 0 aromatic carbocycles. The summed E-state index contributed by atoms with van der Waals surface area (Å²) in [6.07, 6.45) is 6.73. The fraction of sp³-hybridized carbons (Fsp3) is 1.00. The van der Waals surface area contributed by atoms with Crippen molar-refractivity contribution in [3.8, 4) is 0 Å². The van der Waals surface area contributed by atoms with Crippen LogP contribution in [0.15, 0.2) is 0 Å². The molecule has 1 saturated carbocycles. The molecule has 0 aromatic heterocycles. The number of nitrogens with two attached hydrogens (primary N) is 1. The van der Waals surface area contributed by atoms with Crippen molar-refractivity contribution in [1.82, 2.24) is 4.90 Å². The molecule has 2 rings (SSSR count). The normalized spacial score (nSPS) is 26.4. The summed E-state index contributed by atoms with van der Waals surface area (Å²) in [5, 5.41) is 0. The summed E-state index contributed by atoms with van der Waals surface area (Å²) in [6, 6.07) is 0.614. The van der Waals surface area contributed by atoms with Gasteiger partial charge in [0.15, 0.2) is 0 Å². The van der Waals surface area contributed by atoms with Crippen LogP contribution in [0.25, 0.3) is 0 Å². The molecule has 0 bridgehead atoms. The van der Waals surface area contributed by atoms with Gasteiger partial charge in [0, 0.05) is 25.7 Å². The highest BCUT2D eigenvalue weighted by Crippen LogP contribution is 2.28. The highest BCUT2D eigenvalue weighted by molar-refractivity contribution is 5.85. The highest BCUT2D eigenvalue weighted by Gasteiger charge is 2.22. The van der Waals surface area contributed by atoms with Crippen molar-refractivity contribution in [3.05, 3.63) is 0 Å². The second-order valence-corrected chi connectivity index (χ2v) is 4.94. The Balaban J connectivity index is 0.00000128. The number of likely N-dealkylation sites (tertiary alicyclic amines) is 1. The molecular formula is C12H25ClN2O. The third-order valence-electron chi connectivity index (χ3n) is 3.59. The quantitative estimate of drug-likeness (QED) is 0.727. The van der Waals surface area contributed by atoms with Crippen molar-refractivity contribution in [1.29, 1.82) is 0 Å². The molecule has 1 heterocycles. The lowest BCUT2D eigenvalue weighted by Gasteiger charge is -2.34. The van der Waals surface area contributed by atoms with Gasteiger partial charge in [0.25, 0.3) is 0 Å². The first-order chi connectivity index (χ1) is 7.40. The third-order valence-corrected chi connectivity index (χ3v) is 3.59. The molecule has 1 saturated heterocycles. The topological polar surface area (TPSA) is 38.5 Å². The second-order valence-electron chi connectivity index (χ2n) is 4.94. The first kappa shape index (κ1) is 14.2. The minimum atomic E-state index is 0. The van der Waals surface area contributed by atoms with Crippen LogP contribution in [0.1, 0.15) is 32.1 Å². The number of nitrogens with zero attached hydrogens (tertiary/aromatic N) is 1. The van der Waals surface area contributed by atoms with Gasteiger partial charge in [0.05, 0.1) is 6.61 Å². The molecule has 1 aliphatic carbocycles. The lowest BCUT2D eigenvalue weighted by atomic mass is 10.0. The van der Waals surface area contributed by atoms with Gasteiger partial charge in [0.1, 0.15) is 0 Å². The van der Waals surface area contributed by atoms with E-state index in [0.717, 1.165) is 32.2 Å². The molecule has 0 spiro atoms. The molecule has 1 atom stereocenters. The van der Waals surface area contributed by atoms with E-state index in [2.05, 4.69) is 4.90 Å². The van der Waals surface area contributed by atoms with E-state index < -0.39 is 0 Å². The molecule has 1 aliphatic heterocycles. The van der Waals surface area contributed by atoms with Crippen molar-refractivity contribution in [3.63, 3.8) is 0 Å². The average Bonchev–Trinajstić information content (AvgIpc) is 3.09. The van der Waals surface area contributed by atoms with Crippen LogP contribution in [0.5, 0.6) is 0 Å². The van der Waals surface area contributed by atoms with E-state index in [1.165, 1.54) is 38.6 Å². The van der Waals surface area contributed by atoms with Crippen molar-refractivity contribution in [2.45, 2.75) is 38.1 Å². The van der Waals surface area contributed by atoms with Crippen LogP contribution < -0.4 is 5.73 Å². The van der Waals surface area contributed by atoms with Crippen LogP contribution in [0.3, 0.4) is 0 Å². The fourth-order valence-electron chi connectivity index (χ4n) is 2.34. The number of halogens is 1. The molecule has 96 valence electrons. The molecule has 3 nitrogen and oxygen atoms in total. The largest absolute Gasteiger partial charge is 0.380 e. The van der Waals surface area contributed by atoms with Crippen molar-refractivity contribution >= 4 is 12.4 Å². The van der Waals surface area contributed by atoms with Gasteiger partial charge < -0.3 is 10.5 Å². The van der Waals surface area contributed by atoms with E-state index in [0.29, 0.717) is 6.04 Å². The zero-order valence-corrected chi connectivity index (χ0v) is 10.9. The Bertz CT molecular complexity index is 188. The van der Waals surface area contributed by atoms with Crippen LogP contribution in [-0.4, -0.2) is 43.8 Å². The Morgan fingerprint density at radius 1 is 1.19 bits per heavy atom. The zero-order chi connectivity index (χ0) is 10.5. The molecule has 2 aliphatic rings. The minimum Gasteiger partial charge on any atom is -0.380 e. The van der Waals surface area contributed by atoms with E-state index in [-0.39, 0.29) is 12.4 Å². The maximum Gasteiger partial charge on any atom is 0.0593 e. The predicted molar refractivity (Wildman–Crippen MR) is 69.1 cm³/mol. The van der Waals surface area contributed by atoms with Gasteiger partial charge in [-0.1, -0.05) is 6.42 Å². The van der Waals surface area contributed by atoms with Gasteiger partial charge in [-0.05, 0) is 38.1 Å². The predicted octanol–water partition coefficient (Wildman–Crippen LogP) is 1.65. The Labute approximate surface area is 105 Å². The summed E-state index contributed by atoms with van der Waals surface area (Å²) in [4.78, 5) is 2.51.